The van der Waals surface area contributed by atoms with Crippen molar-refractivity contribution >= 4 is 38.7 Å². The average Bonchev–Trinajstić information content (AvgIpc) is 2.84. The lowest BCUT2D eigenvalue weighted by molar-refractivity contribution is -0.144. The van der Waals surface area contributed by atoms with Gasteiger partial charge in [0.15, 0.2) is 0 Å². The number of H-pyrrole nitrogens is 1. The molecule has 1 heterocycles. The maximum Gasteiger partial charge on any atom is 0.329 e. The van der Waals surface area contributed by atoms with E-state index in [9.17, 15) is 14.7 Å². The fourth-order valence-corrected chi connectivity index (χ4v) is 2.94. The number of aromatic amines is 1. The first-order chi connectivity index (χ1) is 9.89. The zero-order valence-corrected chi connectivity index (χ0v) is 13.5. The van der Waals surface area contributed by atoms with Gasteiger partial charge in [-0.25, -0.2) is 4.79 Å². The van der Waals surface area contributed by atoms with Gasteiger partial charge in [-0.05, 0) is 25.5 Å². The summed E-state index contributed by atoms with van der Waals surface area (Å²) in [4.78, 5) is 26.9. The number of fused-ring (bicyclic) bond motifs is 1. The second-order valence-corrected chi connectivity index (χ2v) is 6.06. The number of benzene rings is 1. The second-order valence-electron chi connectivity index (χ2n) is 5.21. The molecular formula is C15H17BrN2O3. The molecule has 2 rings (SSSR count). The largest absolute Gasteiger partial charge is 0.480 e. The van der Waals surface area contributed by atoms with E-state index < -0.39 is 17.4 Å². The first-order valence-electron chi connectivity index (χ1n) is 6.70. The van der Waals surface area contributed by atoms with Crippen molar-refractivity contribution < 1.29 is 14.7 Å². The molecule has 21 heavy (non-hydrogen) atoms. The molecule has 1 aromatic heterocycles. The Balaban J connectivity index is 2.37. The first-order valence-corrected chi connectivity index (χ1v) is 7.50. The molecule has 0 saturated carbocycles. The van der Waals surface area contributed by atoms with E-state index in [1.807, 2.05) is 25.1 Å². The van der Waals surface area contributed by atoms with Crippen molar-refractivity contribution in [1.82, 2.24) is 10.3 Å². The molecule has 1 unspecified atom stereocenters. The summed E-state index contributed by atoms with van der Waals surface area (Å²) in [7, 11) is 0. The molecule has 0 aliphatic heterocycles. The van der Waals surface area contributed by atoms with Crippen molar-refractivity contribution in [1.29, 1.82) is 0 Å². The Morgan fingerprint density at radius 3 is 2.76 bits per heavy atom. The summed E-state index contributed by atoms with van der Waals surface area (Å²) in [5.41, 5.74) is -0.0143. The molecule has 0 bridgehead atoms. The minimum Gasteiger partial charge on any atom is -0.480 e. The zero-order chi connectivity index (χ0) is 15.6. The van der Waals surface area contributed by atoms with Gasteiger partial charge in [-0.3, -0.25) is 4.79 Å². The summed E-state index contributed by atoms with van der Waals surface area (Å²) in [5, 5.41) is 12.7. The molecule has 0 fully saturated rings. The summed E-state index contributed by atoms with van der Waals surface area (Å²) in [6, 6.07) is 5.57. The highest BCUT2D eigenvalue weighted by Crippen LogP contribution is 2.27. The van der Waals surface area contributed by atoms with Crippen LogP contribution >= 0.6 is 15.9 Å². The third-order valence-corrected chi connectivity index (χ3v) is 4.17. The first kappa shape index (κ1) is 15.6. The topological polar surface area (TPSA) is 82.2 Å². The fraction of sp³-hybridized carbons (Fsp3) is 0.333. The standard InChI is InChI=1S/C15H17BrN2O3/c1-3-7-15(2,14(20)21)18-13(19)9-8-17-11-6-4-5-10(16)12(9)11/h4-6,8,17H,3,7H2,1-2H3,(H,18,19)(H,20,21). The Hall–Kier alpha value is -1.82. The van der Waals surface area contributed by atoms with Crippen LogP contribution in [0.3, 0.4) is 0 Å². The Morgan fingerprint density at radius 2 is 2.14 bits per heavy atom. The van der Waals surface area contributed by atoms with Gasteiger partial charge >= 0.3 is 5.97 Å². The van der Waals surface area contributed by atoms with E-state index in [-0.39, 0.29) is 0 Å². The van der Waals surface area contributed by atoms with Gasteiger partial charge in [0, 0.05) is 21.6 Å². The van der Waals surface area contributed by atoms with Crippen LogP contribution < -0.4 is 5.32 Å². The van der Waals surface area contributed by atoms with Gasteiger partial charge in [0.1, 0.15) is 5.54 Å². The summed E-state index contributed by atoms with van der Waals surface area (Å²) in [6.07, 6.45) is 2.64. The van der Waals surface area contributed by atoms with E-state index in [0.717, 1.165) is 15.4 Å². The lowest BCUT2D eigenvalue weighted by Gasteiger charge is -2.25. The van der Waals surface area contributed by atoms with Crippen molar-refractivity contribution in [2.75, 3.05) is 0 Å². The summed E-state index contributed by atoms with van der Waals surface area (Å²) in [6.45, 7) is 3.41. The number of carbonyl (C=O) groups is 2. The molecule has 2 aromatic rings. The second kappa shape index (κ2) is 5.89. The van der Waals surface area contributed by atoms with Crippen molar-refractivity contribution in [3.05, 3.63) is 34.4 Å². The predicted molar refractivity (Wildman–Crippen MR) is 84.4 cm³/mol. The number of aromatic nitrogens is 1. The lowest BCUT2D eigenvalue weighted by atomic mass is 9.95. The van der Waals surface area contributed by atoms with Gasteiger partial charge in [-0.2, -0.15) is 0 Å². The monoisotopic (exact) mass is 352 g/mol. The average molecular weight is 353 g/mol. The van der Waals surface area contributed by atoms with E-state index in [1.165, 1.54) is 6.92 Å². The highest BCUT2D eigenvalue weighted by Gasteiger charge is 2.34. The highest BCUT2D eigenvalue weighted by molar-refractivity contribution is 9.10. The zero-order valence-electron chi connectivity index (χ0n) is 11.9. The number of halogens is 1. The third-order valence-electron chi connectivity index (χ3n) is 3.51. The summed E-state index contributed by atoms with van der Waals surface area (Å²) < 4.78 is 0.791. The van der Waals surface area contributed by atoms with E-state index in [0.29, 0.717) is 18.4 Å². The molecule has 6 heteroatoms. The van der Waals surface area contributed by atoms with Crippen LogP contribution in [0.4, 0.5) is 0 Å². The van der Waals surface area contributed by atoms with Crippen LogP contribution in [0.25, 0.3) is 10.9 Å². The quantitative estimate of drug-likeness (QED) is 0.771. The SMILES string of the molecule is CCCC(C)(NC(=O)c1c[nH]c2cccc(Br)c12)C(=O)O. The highest BCUT2D eigenvalue weighted by atomic mass is 79.9. The van der Waals surface area contributed by atoms with Gasteiger partial charge in [-0.1, -0.05) is 35.3 Å². The van der Waals surface area contributed by atoms with Crippen LogP contribution in [-0.2, 0) is 4.79 Å². The number of carboxylic acid groups (broad SMARTS) is 1. The molecule has 1 atom stereocenters. The molecule has 0 spiro atoms. The van der Waals surface area contributed by atoms with Crippen LogP contribution in [0, 0.1) is 0 Å². The number of nitrogens with one attached hydrogen (secondary N) is 2. The summed E-state index contributed by atoms with van der Waals surface area (Å²) >= 11 is 3.42. The lowest BCUT2D eigenvalue weighted by Crippen LogP contribution is -2.52. The van der Waals surface area contributed by atoms with E-state index in [2.05, 4.69) is 26.2 Å². The molecule has 1 amide bonds. The number of amides is 1. The van der Waals surface area contributed by atoms with Crippen LogP contribution in [0.15, 0.2) is 28.9 Å². The molecule has 5 nitrogen and oxygen atoms in total. The Morgan fingerprint density at radius 1 is 1.43 bits per heavy atom. The Labute approximate surface area is 130 Å². The maximum absolute atomic E-state index is 12.5. The van der Waals surface area contributed by atoms with E-state index in [4.69, 9.17) is 0 Å². The van der Waals surface area contributed by atoms with E-state index >= 15 is 0 Å². The molecule has 112 valence electrons. The maximum atomic E-state index is 12.5. The molecule has 0 aliphatic carbocycles. The number of rotatable bonds is 5. The molecule has 0 aliphatic rings. The molecule has 1 aromatic carbocycles. The molecule has 3 N–H and O–H groups in total. The van der Waals surface area contributed by atoms with Crippen molar-refractivity contribution in [3.63, 3.8) is 0 Å². The molecule has 0 saturated heterocycles. The smallest absolute Gasteiger partial charge is 0.329 e. The third kappa shape index (κ3) is 2.95. The minimum absolute atomic E-state index is 0.373. The number of hydrogen-bond donors (Lipinski definition) is 3. The van der Waals surface area contributed by atoms with Gasteiger partial charge in [0.2, 0.25) is 0 Å². The van der Waals surface area contributed by atoms with Gasteiger partial charge < -0.3 is 15.4 Å². The van der Waals surface area contributed by atoms with Gasteiger partial charge in [-0.15, -0.1) is 0 Å². The number of hydrogen-bond acceptors (Lipinski definition) is 2. The van der Waals surface area contributed by atoms with Crippen LogP contribution in [0.5, 0.6) is 0 Å². The van der Waals surface area contributed by atoms with Crippen molar-refractivity contribution in [3.8, 4) is 0 Å². The summed E-state index contributed by atoms with van der Waals surface area (Å²) in [5.74, 6) is -1.43. The van der Waals surface area contributed by atoms with Crippen LogP contribution in [-0.4, -0.2) is 27.5 Å². The van der Waals surface area contributed by atoms with Crippen molar-refractivity contribution in [2.24, 2.45) is 0 Å². The number of aliphatic carboxylic acids is 1. The molecule has 0 radical (unpaired) electrons. The van der Waals surface area contributed by atoms with Gasteiger partial charge in [0.25, 0.3) is 5.91 Å². The van der Waals surface area contributed by atoms with Crippen molar-refractivity contribution in [2.45, 2.75) is 32.2 Å². The number of carbonyl (C=O) groups excluding carboxylic acids is 1. The minimum atomic E-state index is -1.27. The normalized spacial score (nSPS) is 13.9. The Bertz CT molecular complexity index is 695. The Kier molecular flexibility index (Phi) is 4.37. The van der Waals surface area contributed by atoms with Crippen LogP contribution in [0.2, 0.25) is 0 Å². The van der Waals surface area contributed by atoms with Gasteiger partial charge in [0.05, 0.1) is 5.56 Å². The van der Waals surface area contributed by atoms with Crippen LogP contribution in [0.1, 0.15) is 37.0 Å². The predicted octanol–water partition coefficient (Wildman–Crippen LogP) is 3.30. The molecular weight excluding hydrogens is 336 g/mol. The fourth-order valence-electron chi connectivity index (χ4n) is 2.36. The van der Waals surface area contributed by atoms with E-state index in [1.54, 1.807) is 6.20 Å². The number of carboxylic acids is 1.